The first-order chi connectivity index (χ1) is 8.97. The monoisotopic (exact) mass is 262 g/mol. The zero-order valence-electron chi connectivity index (χ0n) is 12.4. The van der Waals surface area contributed by atoms with E-state index in [1.807, 2.05) is 32.1 Å². The molecular weight excluding hydrogens is 236 g/mol. The molecule has 106 valence electrons. The molecule has 1 unspecified atom stereocenters. The summed E-state index contributed by atoms with van der Waals surface area (Å²) in [6.45, 7) is 10.0. The van der Waals surface area contributed by atoms with Crippen LogP contribution in [0.2, 0.25) is 0 Å². The summed E-state index contributed by atoms with van der Waals surface area (Å²) in [5.74, 6) is 0.781. The zero-order chi connectivity index (χ0) is 14.3. The molecule has 0 spiro atoms. The van der Waals surface area contributed by atoms with Gasteiger partial charge in [0.2, 0.25) is 0 Å². The van der Waals surface area contributed by atoms with E-state index in [4.69, 9.17) is 4.74 Å². The van der Waals surface area contributed by atoms with Crippen molar-refractivity contribution in [1.82, 2.24) is 0 Å². The van der Waals surface area contributed by atoms with Gasteiger partial charge in [0, 0.05) is 6.08 Å². The molecule has 1 saturated carbocycles. The molecule has 1 rings (SSSR count). The van der Waals surface area contributed by atoms with E-state index in [2.05, 4.69) is 13.5 Å². The largest absolute Gasteiger partial charge is 0.459 e. The zero-order valence-corrected chi connectivity index (χ0v) is 12.4. The minimum atomic E-state index is -0.213. The molecule has 0 radical (unpaired) electrons. The predicted octanol–water partition coefficient (Wildman–Crippen LogP) is 4.43. The quantitative estimate of drug-likeness (QED) is 0.416. The van der Waals surface area contributed by atoms with E-state index in [-0.39, 0.29) is 18.0 Å². The van der Waals surface area contributed by atoms with E-state index in [0.717, 1.165) is 24.3 Å². The summed E-state index contributed by atoms with van der Waals surface area (Å²) >= 11 is 0. The maximum Gasteiger partial charge on any atom is 0.330 e. The highest BCUT2D eigenvalue weighted by atomic mass is 16.5. The summed E-state index contributed by atoms with van der Waals surface area (Å²) in [7, 11) is 0. The van der Waals surface area contributed by atoms with Crippen molar-refractivity contribution in [2.75, 3.05) is 0 Å². The van der Waals surface area contributed by atoms with Crippen LogP contribution in [0.4, 0.5) is 0 Å². The second-order valence-electron chi connectivity index (χ2n) is 5.74. The topological polar surface area (TPSA) is 26.3 Å². The molecule has 0 bridgehead atoms. The molecule has 0 saturated heterocycles. The van der Waals surface area contributed by atoms with Crippen LogP contribution in [0.3, 0.4) is 0 Å². The molecule has 19 heavy (non-hydrogen) atoms. The number of carbonyl (C=O) groups is 1. The van der Waals surface area contributed by atoms with Crippen molar-refractivity contribution in [3.8, 4) is 0 Å². The lowest BCUT2D eigenvalue weighted by Gasteiger charge is -2.25. The number of hydrogen-bond donors (Lipinski definition) is 0. The molecule has 0 aromatic rings. The molecule has 1 fully saturated rings. The average molecular weight is 262 g/mol. The van der Waals surface area contributed by atoms with Gasteiger partial charge in [-0.05, 0) is 44.4 Å². The molecule has 0 N–H and O–H groups in total. The smallest absolute Gasteiger partial charge is 0.330 e. The van der Waals surface area contributed by atoms with Crippen LogP contribution in [0.25, 0.3) is 0 Å². The molecule has 2 heteroatoms. The molecule has 1 aliphatic rings. The van der Waals surface area contributed by atoms with Crippen LogP contribution < -0.4 is 0 Å². The molecule has 0 amide bonds. The molecule has 0 heterocycles. The molecule has 0 aromatic heterocycles. The third-order valence-electron chi connectivity index (χ3n) is 3.47. The van der Waals surface area contributed by atoms with Gasteiger partial charge in [0.05, 0.1) is 0 Å². The van der Waals surface area contributed by atoms with Crippen LogP contribution in [0.1, 0.15) is 46.5 Å². The van der Waals surface area contributed by atoms with Crippen molar-refractivity contribution in [2.24, 2.45) is 11.8 Å². The molecule has 1 aliphatic carbocycles. The van der Waals surface area contributed by atoms with E-state index < -0.39 is 0 Å². The standard InChI is InChI=1S/C17H26O2/c1-13(2)5-6-14(3)9-12-17(18)19-16-10-7-15(4)8-11-16/h5-6,9,12,14-16H,1,7-8,10-11H2,2-4H3/b6-5-,12-9+. The van der Waals surface area contributed by atoms with Crippen molar-refractivity contribution >= 4 is 5.97 Å². The Morgan fingerprint density at radius 1 is 1.21 bits per heavy atom. The first kappa shape index (κ1) is 15.7. The molecular formula is C17H26O2. The maximum atomic E-state index is 11.7. The SMILES string of the molecule is C=C(C)/C=C\C(C)/C=C/C(=O)OC1CCC(C)CC1. The maximum absolute atomic E-state index is 11.7. The van der Waals surface area contributed by atoms with Crippen LogP contribution in [-0.4, -0.2) is 12.1 Å². The van der Waals surface area contributed by atoms with Gasteiger partial charge in [0.1, 0.15) is 6.10 Å². The Bertz CT molecular complexity index is 357. The Kier molecular flexibility index (Phi) is 6.61. The van der Waals surface area contributed by atoms with Gasteiger partial charge in [-0.25, -0.2) is 4.79 Å². The summed E-state index contributed by atoms with van der Waals surface area (Å²) in [5, 5.41) is 0. The lowest BCUT2D eigenvalue weighted by molar-refractivity contribution is -0.144. The van der Waals surface area contributed by atoms with Crippen molar-refractivity contribution in [1.29, 1.82) is 0 Å². The Balaban J connectivity index is 2.32. The first-order valence-corrected chi connectivity index (χ1v) is 7.20. The summed E-state index contributed by atoms with van der Waals surface area (Å²) in [6, 6.07) is 0. The van der Waals surface area contributed by atoms with Crippen molar-refractivity contribution < 1.29 is 9.53 Å². The number of hydrogen-bond acceptors (Lipinski definition) is 2. The highest BCUT2D eigenvalue weighted by Crippen LogP contribution is 2.25. The Hall–Kier alpha value is -1.31. The van der Waals surface area contributed by atoms with Gasteiger partial charge < -0.3 is 4.74 Å². The van der Waals surface area contributed by atoms with Crippen molar-refractivity contribution in [2.45, 2.75) is 52.6 Å². The molecule has 0 aromatic carbocycles. The van der Waals surface area contributed by atoms with Gasteiger partial charge in [0.25, 0.3) is 0 Å². The fourth-order valence-corrected chi connectivity index (χ4v) is 2.16. The Morgan fingerprint density at radius 3 is 2.37 bits per heavy atom. The van der Waals surface area contributed by atoms with Crippen LogP contribution >= 0.6 is 0 Å². The lowest BCUT2D eigenvalue weighted by Crippen LogP contribution is -2.22. The predicted molar refractivity (Wildman–Crippen MR) is 79.8 cm³/mol. The summed E-state index contributed by atoms with van der Waals surface area (Å²) in [6.07, 6.45) is 11.9. The van der Waals surface area contributed by atoms with E-state index in [1.165, 1.54) is 12.8 Å². The van der Waals surface area contributed by atoms with Gasteiger partial charge in [-0.3, -0.25) is 0 Å². The average Bonchev–Trinajstić information content (AvgIpc) is 2.36. The van der Waals surface area contributed by atoms with Crippen molar-refractivity contribution in [3.05, 3.63) is 36.5 Å². The van der Waals surface area contributed by atoms with Gasteiger partial charge in [-0.15, -0.1) is 0 Å². The van der Waals surface area contributed by atoms with E-state index in [1.54, 1.807) is 6.08 Å². The minimum absolute atomic E-state index is 0.120. The molecule has 1 atom stereocenters. The van der Waals surface area contributed by atoms with E-state index >= 15 is 0 Å². The highest BCUT2D eigenvalue weighted by Gasteiger charge is 2.20. The minimum Gasteiger partial charge on any atom is -0.459 e. The van der Waals surface area contributed by atoms with Gasteiger partial charge >= 0.3 is 5.97 Å². The van der Waals surface area contributed by atoms with Crippen molar-refractivity contribution in [3.63, 3.8) is 0 Å². The second kappa shape index (κ2) is 7.98. The van der Waals surface area contributed by atoms with Crippen LogP contribution in [-0.2, 0) is 9.53 Å². The van der Waals surface area contributed by atoms with Crippen LogP contribution in [0, 0.1) is 11.8 Å². The third kappa shape index (κ3) is 7.00. The fourth-order valence-electron chi connectivity index (χ4n) is 2.16. The highest BCUT2D eigenvalue weighted by molar-refractivity contribution is 5.82. The third-order valence-corrected chi connectivity index (χ3v) is 3.47. The summed E-state index contributed by atoms with van der Waals surface area (Å²) in [4.78, 5) is 11.7. The number of rotatable bonds is 5. The van der Waals surface area contributed by atoms with Gasteiger partial charge in [0.15, 0.2) is 0 Å². The van der Waals surface area contributed by atoms with Crippen LogP contribution in [0.5, 0.6) is 0 Å². The summed E-state index contributed by atoms with van der Waals surface area (Å²) < 4.78 is 5.45. The number of ether oxygens (including phenoxy) is 1. The summed E-state index contributed by atoms with van der Waals surface area (Å²) in [5.41, 5.74) is 1.01. The second-order valence-corrected chi connectivity index (χ2v) is 5.74. The Labute approximate surface area is 117 Å². The lowest BCUT2D eigenvalue weighted by atomic mass is 9.89. The first-order valence-electron chi connectivity index (χ1n) is 7.20. The number of carbonyl (C=O) groups excluding carboxylic acids is 1. The van der Waals surface area contributed by atoms with E-state index in [0.29, 0.717) is 0 Å². The van der Waals surface area contributed by atoms with Gasteiger partial charge in [-0.2, -0.15) is 0 Å². The Morgan fingerprint density at radius 2 is 1.79 bits per heavy atom. The number of allylic oxidation sites excluding steroid dienone is 4. The van der Waals surface area contributed by atoms with Crippen LogP contribution in [0.15, 0.2) is 36.5 Å². The fraction of sp³-hybridized carbons (Fsp3) is 0.588. The molecule has 0 aliphatic heterocycles. The number of esters is 1. The van der Waals surface area contributed by atoms with E-state index in [9.17, 15) is 4.79 Å². The normalized spacial score (nSPS) is 25.6. The van der Waals surface area contributed by atoms with Gasteiger partial charge in [-0.1, -0.05) is 44.2 Å². The molecule has 2 nitrogen and oxygen atoms in total.